The van der Waals surface area contributed by atoms with E-state index >= 15 is 0 Å². The fourth-order valence-corrected chi connectivity index (χ4v) is 4.54. The van der Waals surface area contributed by atoms with Crippen molar-refractivity contribution in [3.63, 3.8) is 0 Å². The maximum Gasteiger partial charge on any atom is 0.262 e. The zero-order valence-corrected chi connectivity index (χ0v) is 16.6. The molecule has 2 aliphatic rings. The standard InChI is InChI=1S/C19H26N2O4S/c1-18(2,19(3,4)25-26(24)20-12-8-5-9-13-20)21-16(22)14-10-6-7-11-15(14)17(21)23/h6-7,10-11H,5,8-9,12-13H2,1-4H3. The Kier molecular flexibility index (Phi) is 5.07. The van der Waals surface area contributed by atoms with E-state index in [4.69, 9.17) is 4.18 Å². The molecule has 0 N–H and O–H groups in total. The van der Waals surface area contributed by atoms with E-state index in [1.807, 2.05) is 4.31 Å². The van der Waals surface area contributed by atoms with Crippen LogP contribution in [0.1, 0.15) is 67.7 Å². The number of fused-ring (bicyclic) bond motifs is 1. The summed E-state index contributed by atoms with van der Waals surface area (Å²) in [6, 6.07) is 6.80. The second kappa shape index (κ2) is 6.87. The zero-order chi connectivity index (χ0) is 19.1. The van der Waals surface area contributed by atoms with Gasteiger partial charge in [0.25, 0.3) is 11.8 Å². The van der Waals surface area contributed by atoms with Crippen LogP contribution in [-0.4, -0.2) is 49.5 Å². The summed E-state index contributed by atoms with van der Waals surface area (Å²) in [6.45, 7) is 8.58. The van der Waals surface area contributed by atoms with E-state index in [1.165, 1.54) is 4.90 Å². The first-order valence-electron chi connectivity index (χ1n) is 9.01. The first-order valence-corrected chi connectivity index (χ1v) is 10.0. The van der Waals surface area contributed by atoms with Crippen molar-refractivity contribution in [1.29, 1.82) is 0 Å². The molecule has 0 spiro atoms. The Morgan fingerprint density at radius 3 is 1.92 bits per heavy atom. The molecule has 0 saturated carbocycles. The number of carbonyl (C=O) groups is 2. The number of benzene rings is 1. The van der Waals surface area contributed by atoms with Gasteiger partial charge in [0.15, 0.2) is 0 Å². The number of amides is 2. The fraction of sp³-hybridized carbons (Fsp3) is 0.579. The number of hydrogen-bond donors (Lipinski definition) is 0. The van der Waals surface area contributed by atoms with Crippen molar-refractivity contribution in [3.05, 3.63) is 35.4 Å². The summed E-state index contributed by atoms with van der Waals surface area (Å²) in [5, 5.41) is 0. The molecular weight excluding hydrogens is 352 g/mol. The molecule has 6 nitrogen and oxygen atoms in total. The van der Waals surface area contributed by atoms with Crippen molar-refractivity contribution in [2.24, 2.45) is 0 Å². The number of carbonyl (C=O) groups excluding carboxylic acids is 2. The van der Waals surface area contributed by atoms with Crippen LogP contribution in [0.15, 0.2) is 24.3 Å². The van der Waals surface area contributed by atoms with E-state index in [9.17, 15) is 13.8 Å². The minimum absolute atomic E-state index is 0.337. The van der Waals surface area contributed by atoms with Crippen molar-refractivity contribution >= 4 is 23.1 Å². The molecular formula is C19H26N2O4S. The highest BCUT2D eigenvalue weighted by atomic mass is 32.2. The Morgan fingerprint density at radius 1 is 0.923 bits per heavy atom. The fourth-order valence-electron chi connectivity index (χ4n) is 3.31. The number of hydrogen-bond acceptors (Lipinski definition) is 4. The summed E-state index contributed by atoms with van der Waals surface area (Å²) < 4.78 is 20.4. The number of imide groups is 1. The van der Waals surface area contributed by atoms with Crippen LogP contribution in [0.2, 0.25) is 0 Å². The van der Waals surface area contributed by atoms with Crippen molar-refractivity contribution in [1.82, 2.24) is 9.21 Å². The van der Waals surface area contributed by atoms with Gasteiger partial charge in [-0.25, -0.2) is 8.51 Å². The van der Waals surface area contributed by atoms with Gasteiger partial charge in [-0.05, 0) is 52.7 Å². The molecule has 0 aliphatic carbocycles. The second-order valence-corrected chi connectivity index (χ2v) is 8.97. The third kappa shape index (κ3) is 3.12. The molecule has 1 atom stereocenters. The van der Waals surface area contributed by atoms with Crippen LogP contribution >= 0.6 is 0 Å². The molecule has 1 fully saturated rings. The van der Waals surface area contributed by atoms with Gasteiger partial charge < -0.3 is 0 Å². The molecule has 7 heteroatoms. The molecule has 1 aromatic rings. The molecule has 2 amide bonds. The van der Waals surface area contributed by atoms with E-state index in [1.54, 1.807) is 52.0 Å². The van der Waals surface area contributed by atoms with Gasteiger partial charge in [-0.1, -0.05) is 18.6 Å². The summed E-state index contributed by atoms with van der Waals surface area (Å²) in [7, 11) is 0. The minimum atomic E-state index is -1.61. The monoisotopic (exact) mass is 378 g/mol. The highest BCUT2D eigenvalue weighted by Gasteiger charge is 2.53. The van der Waals surface area contributed by atoms with Gasteiger partial charge in [-0.3, -0.25) is 18.7 Å². The Balaban J connectivity index is 1.83. The molecule has 0 radical (unpaired) electrons. The van der Waals surface area contributed by atoms with E-state index in [2.05, 4.69) is 0 Å². The van der Waals surface area contributed by atoms with Crippen LogP contribution in [0.25, 0.3) is 0 Å². The minimum Gasteiger partial charge on any atom is -0.270 e. The lowest BCUT2D eigenvalue weighted by atomic mass is 9.84. The van der Waals surface area contributed by atoms with Crippen LogP contribution in [0, 0.1) is 0 Å². The maximum atomic E-state index is 12.9. The molecule has 1 saturated heterocycles. The molecule has 1 aromatic carbocycles. The van der Waals surface area contributed by atoms with Gasteiger partial charge in [0.05, 0.1) is 16.7 Å². The first kappa shape index (κ1) is 19.2. The average molecular weight is 378 g/mol. The molecule has 26 heavy (non-hydrogen) atoms. The van der Waals surface area contributed by atoms with Crippen LogP contribution in [0.3, 0.4) is 0 Å². The Morgan fingerprint density at radius 2 is 1.42 bits per heavy atom. The number of piperidine rings is 1. The quantitative estimate of drug-likeness (QED) is 0.739. The van der Waals surface area contributed by atoms with E-state index < -0.39 is 22.4 Å². The molecule has 0 aromatic heterocycles. The second-order valence-electron chi connectivity index (χ2n) is 7.85. The summed E-state index contributed by atoms with van der Waals surface area (Å²) in [6.07, 6.45) is 3.13. The van der Waals surface area contributed by atoms with Gasteiger partial charge in [-0.15, -0.1) is 0 Å². The lowest BCUT2D eigenvalue weighted by molar-refractivity contribution is -0.0281. The smallest absolute Gasteiger partial charge is 0.262 e. The third-order valence-electron chi connectivity index (χ3n) is 5.63. The molecule has 3 rings (SSSR count). The first-order chi connectivity index (χ1) is 12.2. The Hall–Kier alpha value is -1.57. The van der Waals surface area contributed by atoms with Gasteiger partial charge in [0.1, 0.15) is 5.60 Å². The number of nitrogens with zero attached hydrogens (tertiary/aromatic N) is 2. The van der Waals surface area contributed by atoms with Gasteiger partial charge in [0.2, 0.25) is 11.3 Å². The molecule has 2 aliphatic heterocycles. The highest BCUT2D eigenvalue weighted by molar-refractivity contribution is 7.77. The van der Waals surface area contributed by atoms with Crippen LogP contribution in [0.5, 0.6) is 0 Å². The van der Waals surface area contributed by atoms with Gasteiger partial charge in [0, 0.05) is 13.1 Å². The maximum absolute atomic E-state index is 12.9. The van der Waals surface area contributed by atoms with E-state index in [0.29, 0.717) is 11.1 Å². The summed E-state index contributed by atoms with van der Waals surface area (Å²) in [5.74, 6) is -0.674. The van der Waals surface area contributed by atoms with Crippen molar-refractivity contribution in [2.75, 3.05) is 13.1 Å². The SMILES string of the molecule is CC(C)(OS(=O)N1CCCCC1)C(C)(C)N1C(=O)c2ccccc2C1=O. The highest BCUT2D eigenvalue weighted by Crippen LogP contribution is 2.38. The molecule has 0 bridgehead atoms. The zero-order valence-electron chi connectivity index (χ0n) is 15.8. The van der Waals surface area contributed by atoms with Crippen molar-refractivity contribution < 1.29 is 18.0 Å². The van der Waals surface area contributed by atoms with Crippen LogP contribution in [0.4, 0.5) is 0 Å². The third-order valence-corrected chi connectivity index (χ3v) is 6.98. The van der Waals surface area contributed by atoms with Gasteiger partial charge >= 0.3 is 0 Å². The normalized spacial score (nSPS) is 20.4. The summed E-state index contributed by atoms with van der Waals surface area (Å²) >= 11 is -1.61. The summed E-state index contributed by atoms with van der Waals surface area (Å²) in [5.41, 5.74) is -1.18. The molecule has 2 heterocycles. The van der Waals surface area contributed by atoms with E-state index in [0.717, 1.165) is 32.4 Å². The largest absolute Gasteiger partial charge is 0.270 e. The van der Waals surface area contributed by atoms with Gasteiger partial charge in [-0.2, -0.15) is 0 Å². The van der Waals surface area contributed by atoms with Crippen LogP contribution < -0.4 is 0 Å². The Bertz CT molecular complexity index is 719. The van der Waals surface area contributed by atoms with E-state index in [-0.39, 0.29) is 11.8 Å². The van der Waals surface area contributed by atoms with Crippen molar-refractivity contribution in [3.8, 4) is 0 Å². The topological polar surface area (TPSA) is 66.9 Å². The number of rotatable bonds is 5. The van der Waals surface area contributed by atoms with Crippen molar-refractivity contribution in [2.45, 2.75) is 58.1 Å². The van der Waals surface area contributed by atoms with Crippen LogP contribution in [-0.2, 0) is 15.4 Å². The molecule has 142 valence electrons. The lowest BCUT2D eigenvalue weighted by Crippen LogP contribution is -2.61. The predicted molar refractivity (Wildman–Crippen MR) is 99.8 cm³/mol. The average Bonchev–Trinajstić information content (AvgIpc) is 2.87. The Labute approximate surface area is 157 Å². The molecule has 1 unspecified atom stereocenters. The lowest BCUT2D eigenvalue weighted by Gasteiger charge is -2.45. The predicted octanol–water partition coefficient (Wildman–Crippen LogP) is 2.92. The summed E-state index contributed by atoms with van der Waals surface area (Å²) in [4.78, 5) is 26.9.